The van der Waals surface area contributed by atoms with E-state index < -0.39 is 0 Å². The third-order valence-corrected chi connectivity index (χ3v) is 3.38. The summed E-state index contributed by atoms with van der Waals surface area (Å²) < 4.78 is 1.98. The standard InChI is InChI=1S/C14H19N5/c1-3-8-19-12(6-7-16-19)14-17-11(10-4-5-10)9-13(15-2)18-14/h6-7,9-10H,3-5,8H2,1-2H3,(H,15,17,18). The Hall–Kier alpha value is -1.91. The van der Waals surface area contributed by atoms with Crippen molar-refractivity contribution in [3.05, 3.63) is 24.0 Å². The van der Waals surface area contributed by atoms with Gasteiger partial charge in [-0.05, 0) is 25.3 Å². The van der Waals surface area contributed by atoms with Gasteiger partial charge < -0.3 is 5.32 Å². The quantitative estimate of drug-likeness (QED) is 0.894. The van der Waals surface area contributed by atoms with Crippen LogP contribution in [-0.2, 0) is 6.54 Å². The molecule has 1 aliphatic carbocycles. The Morgan fingerprint density at radius 3 is 2.89 bits per heavy atom. The van der Waals surface area contributed by atoms with Crippen LogP contribution in [0.15, 0.2) is 18.3 Å². The fourth-order valence-corrected chi connectivity index (χ4v) is 2.21. The van der Waals surface area contributed by atoms with Gasteiger partial charge in [-0.3, -0.25) is 4.68 Å². The van der Waals surface area contributed by atoms with Gasteiger partial charge in [0.1, 0.15) is 11.5 Å². The Morgan fingerprint density at radius 1 is 1.37 bits per heavy atom. The smallest absolute Gasteiger partial charge is 0.180 e. The highest BCUT2D eigenvalue weighted by atomic mass is 15.3. The van der Waals surface area contributed by atoms with Gasteiger partial charge in [0, 0.05) is 37.5 Å². The summed E-state index contributed by atoms with van der Waals surface area (Å²) in [7, 11) is 1.89. The predicted octanol–water partition coefficient (Wildman–Crippen LogP) is 2.67. The Bertz CT molecular complexity index is 571. The summed E-state index contributed by atoms with van der Waals surface area (Å²) >= 11 is 0. The largest absolute Gasteiger partial charge is 0.373 e. The molecule has 5 heteroatoms. The van der Waals surface area contributed by atoms with Gasteiger partial charge in [0.2, 0.25) is 0 Å². The summed E-state index contributed by atoms with van der Waals surface area (Å²) in [4.78, 5) is 9.28. The van der Waals surface area contributed by atoms with Crippen LogP contribution in [0.2, 0.25) is 0 Å². The lowest BCUT2D eigenvalue weighted by Crippen LogP contribution is -2.06. The predicted molar refractivity (Wildman–Crippen MR) is 75.1 cm³/mol. The lowest BCUT2D eigenvalue weighted by Gasteiger charge is -2.09. The molecule has 0 bridgehead atoms. The van der Waals surface area contributed by atoms with Gasteiger partial charge in [-0.25, -0.2) is 9.97 Å². The Morgan fingerprint density at radius 2 is 2.21 bits per heavy atom. The molecule has 2 aromatic rings. The van der Waals surface area contributed by atoms with E-state index in [-0.39, 0.29) is 0 Å². The lowest BCUT2D eigenvalue weighted by atomic mass is 10.2. The van der Waals surface area contributed by atoms with Crippen LogP contribution in [0.1, 0.15) is 37.8 Å². The van der Waals surface area contributed by atoms with Gasteiger partial charge in [0.25, 0.3) is 0 Å². The minimum absolute atomic E-state index is 0.622. The number of aryl methyl sites for hydroxylation is 1. The zero-order chi connectivity index (χ0) is 13.2. The molecule has 0 aromatic carbocycles. The fourth-order valence-electron chi connectivity index (χ4n) is 2.21. The van der Waals surface area contributed by atoms with E-state index in [4.69, 9.17) is 4.98 Å². The summed E-state index contributed by atoms with van der Waals surface area (Å²) in [6.07, 6.45) is 5.36. The van der Waals surface area contributed by atoms with Crippen molar-refractivity contribution in [2.45, 2.75) is 38.6 Å². The van der Waals surface area contributed by atoms with Crippen molar-refractivity contribution in [2.75, 3.05) is 12.4 Å². The third-order valence-electron chi connectivity index (χ3n) is 3.38. The van der Waals surface area contributed by atoms with E-state index >= 15 is 0 Å². The molecule has 1 fully saturated rings. The normalized spacial score (nSPS) is 14.6. The number of hydrogen-bond donors (Lipinski definition) is 1. The third kappa shape index (κ3) is 2.45. The fraction of sp³-hybridized carbons (Fsp3) is 0.500. The molecule has 2 heterocycles. The van der Waals surface area contributed by atoms with Crippen molar-refractivity contribution in [3.63, 3.8) is 0 Å². The maximum Gasteiger partial charge on any atom is 0.180 e. The van der Waals surface area contributed by atoms with E-state index in [0.717, 1.165) is 36.0 Å². The average molecular weight is 257 g/mol. The molecule has 0 unspecified atom stereocenters. The number of nitrogens with one attached hydrogen (secondary N) is 1. The van der Waals surface area contributed by atoms with Crippen LogP contribution >= 0.6 is 0 Å². The summed E-state index contributed by atoms with van der Waals surface area (Å²) in [5, 5.41) is 7.47. The van der Waals surface area contributed by atoms with Crippen molar-refractivity contribution < 1.29 is 0 Å². The lowest BCUT2D eigenvalue weighted by molar-refractivity contribution is 0.606. The number of rotatable bonds is 5. The topological polar surface area (TPSA) is 55.6 Å². The summed E-state index contributed by atoms with van der Waals surface area (Å²) in [6, 6.07) is 4.04. The highest BCUT2D eigenvalue weighted by Crippen LogP contribution is 2.40. The molecule has 0 saturated heterocycles. The van der Waals surface area contributed by atoms with Gasteiger partial charge in [0.15, 0.2) is 5.82 Å². The number of anilines is 1. The molecule has 0 radical (unpaired) electrons. The van der Waals surface area contributed by atoms with Crippen molar-refractivity contribution in [1.82, 2.24) is 19.7 Å². The summed E-state index contributed by atoms with van der Waals surface area (Å²) in [6.45, 7) is 3.04. The highest BCUT2D eigenvalue weighted by Gasteiger charge is 2.26. The minimum atomic E-state index is 0.622. The van der Waals surface area contributed by atoms with Gasteiger partial charge in [-0.1, -0.05) is 6.92 Å². The van der Waals surface area contributed by atoms with Crippen LogP contribution in [0.4, 0.5) is 5.82 Å². The Kier molecular flexibility index (Phi) is 3.19. The van der Waals surface area contributed by atoms with Crippen LogP contribution in [0.5, 0.6) is 0 Å². The van der Waals surface area contributed by atoms with Crippen molar-refractivity contribution in [3.8, 4) is 11.5 Å². The van der Waals surface area contributed by atoms with Crippen LogP contribution in [0, 0.1) is 0 Å². The summed E-state index contributed by atoms with van der Waals surface area (Å²) in [5.74, 6) is 2.28. The van der Waals surface area contributed by atoms with E-state index in [1.807, 2.05) is 24.0 Å². The van der Waals surface area contributed by atoms with Crippen molar-refractivity contribution in [2.24, 2.45) is 0 Å². The second-order valence-corrected chi connectivity index (χ2v) is 4.97. The molecule has 19 heavy (non-hydrogen) atoms. The van der Waals surface area contributed by atoms with Crippen LogP contribution in [0.25, 0.3) is 11.5 Å². The minimum Gasteiger partial charge on any atom is -0.373 e. The molecule has 0 aliphatic heterocycles. The second-order valence-electron chi connectivity index (χ2n) is 4.97. The van der Waals surface area contributed by atoms with Crippen LogP contribution in [0.3, 0.4) is 0 Å². The van der Waals surface area contributed by atoms with Gasteiger partial charge in [-0.2, -0.15) is 5.10 Å². The Balaban J connectivity index is 2.02. The molecule has 1 saturated carbocycles. The molecule has 5 nitrogen and oxygen atoms in total. The zero-order valence-corrected chi connectivity index (χ0v) is 11.4. The molecule has 0 spiro atoms. The average Bonchev–Trinajstić information content (AvgIpc) is 3.19. The molecule has 3 rings (SSSR count). The van der Waals surface area contributed by atoms with Crippen molar-refractivity contribution in [1.29, 1.82) is 0 Å². The maximum absolute atomic E-state index is 4.72. The van der Waals surface area contributed by atoms with Gasteiger partial charge in [-0.15, -0.1) is 0 Å². The molecular weight excluding hydrogens is 238 g/mol. The maximum atomic E-state index is 4.72. The first-order chi connectivity index (χ1) is 9.31. The number of aromatic nitrogens is 4. The van der Waals surface area contributed by atoms with E-state index in [1.54, 1.807) is 0 Å². The van der Waals surface area contributed by atoms with E-state index in [1.165, 1.54) is 12.8 Å². The molecule has 0 amide bonds. The van der Waals surface area contributed by atoms with E-state index in [2.05, 4.69) is 28.4 Å². The number of hydrogen-bond acceptors (Lipinski definition) is 4. The first kappa shape index (κ1) is 12.1. The SMILES string of the molecule is CCCn1nccc1-c1nc(NC)cc(C2CC2)n1. The van der Waals surface area contributed by atoms with Crippen molar-refractivity contribution >= 4 is 5.82 Å². The Labute approximate surface area is 113 Å². The van der Waals surface area contributed by atoms with Crippen LogP contribution in [-0.4, -0.2) is 26.8 Å². The van der Waals surface area contributed by atoms with Gasteiger partial charge >= 0.3 is 0 Å². The monoisotopic (exact) mass is 257 g/mol. The molecule has 2 aromatic heterocycles. The molecule has 0 atom stereocenters. The first-order valence-corrected chi connectivity index (χ1v) is 6.90. The molecule has 1 N–H and O–H groups in total. The summed E-state index contributed by atoms with van der Waals surface area (Å²) in [5.41, 5.74) is 2.15. The van der Waals surface area contributed by atoms with Gasteiger partial charge in [0.05, 0.1) is 0 Å². The second kappa shape index (κ2) is 4.99. The van der Waals surface area contributed by atoms with Crippen LogP contribution < -0.4 is 5.32 Å². The molecule has 1 aliphatic rings. The zero-order valence-electron chi connectivity index (χ0n) is 11.4. The highest BCUT2D eigenvalue weighted by molar-refractivity contribution is 5.53. The van der Waals surface area contributed by atoms with E-state index in [9.17, 15) is 0 Å². The number of nitrogens with zero attached hydrogens (tertiary/aromatic N) is 4. The van der Waals surface area contributed by atoms with E-state index in [0.29, 0.717) is 5.92 Å². The molecule has 100 valence electrons. The molecular formula is C14H19N5. The first-order valence-electron chi connectivity index (χ1n) is 6.90.